The van der Waals surface area contributed by atoms with E-state index in [-0.39, 0.29) is 11.1 Å². The maximum Gasteiger partial charge on any atom is 0.133 e. The molecule has 0 amide bonds. The van der Waals surface area contributed by atoms with Gasteiger partial charge < -0.3 is 9.84 Å². The minimum Gasteiger partial charge on any atom is -0.497 e. The third-order valence-corrected chi connectivity index (χ3v) is 2.70. The van der Waals surface area contributed by atoms with Crippen molar-refractivity contribution in [2.45, 2.75) is 6.10 Å². The molecular weight excluding hydrogens is 257 g/mol. The van der Waals surface area contributed by atoms with Gasteiger partial charge in [0.15, 0.2) is 0 Å². The summed E-state index contributed by atoms with van der Waals surface area (Å²) in [6.07, 6.45) is -1.45. The molecule has 100 valence electrons. The summed E-state index contributed by atoms with van der Waals surface area (Å²) in [7, 11) is 1.38. The van der Waals surface area contributed by atoms with Crippen LogP contribution in [0.5, 0.6) is 5.75 Å². The zero-order valence-electron chi connectivity index (χ0n) is 10.0. The maximum absolute atomic E-state index is 13.7. The number of rotatable bonds is 3. The van der Waals surface area contributed by atoms with Gasteiger partial charge in [-0.05, 0) is 29.8 Å². The Kier molecular flexibility index (Phi) is 3.76. The molecule has 2 aromatic carbocycles. The third kappa shape index (κ3) is 2.88. The van der Waals surface area contributed by atoms with Crippen molar-refractivity contribution >= 4 is 0 Å². The molecule has 0 radical (unpaired) electrons. The van der Waals surface area contributed by atoms with E-state index in [0.717, 1.165) is 18.2 Å². The van der Waals surface area contributed by atoms with Crippen molar-refractivity contribution in [3.05, 3.63) is 65.0 Å². The van der Waals surface area contributed by atoms with Gasteiger partial charge in [-0.2, -0.15) is 0 Å². The van der Waals surface area contributed by atoms with Gasteiger partial charge in [0.25, 0.3) is 0 Å². The van der Waals surface area contributed by atoms with Gasteiger partial charge in [0.2, 0.25) is 0 Å². The van der Waals surface area contributed by atoms with Gasteiger partial charge in [-0.3, -0.25) is 0 Å². The number of ether oxygens (including phenoxy) is 1. The van der Waals surface area contributed by atoms with Crippen LogP contribution in [0.1, 0.15) is 17.2 Å². The van der Waals surface area contributed by atoms with Crippen LogP contribution in [0.25, 0.3) is 0 Å². The van der Waals surface area contributed by atoms with Gasteiger partial charge in [0, 0.05) is 17.7 Å². The topological polar surface area (TPSA) is 29.5 Å². The Bertz CT molecular complexity index is 579. The van der Waals surface area contributed by atoms with Crippen molar-refractivity contribution in [2.24, 2.45) is 0 Å². The maximum atomic E-state index is 13.7. The number of hydrogen-bond donors (Lipinski definition) is 1. The highest BCUT2D eigenvalue weighted by Crippen LogP contribution is 2.27. The van der Waals surface area contributed by atoms with E-state index in [0.29, 0.717) is 11.8 Å². The summed E-state index contributed by atoms with van der Waals surface area (Å²) in [5.41, 5.74) is -0.132. The Morgan fingerprint density at radius 3 is 2.16 bits per heavy atom. The Hall–Kier alpha value is -2.01. The molecule has 1 unspecified atom stereocenters. The molecule has 2 nitrogen and oxygen atoms in total. The molecule has 1 atom stereocenters. The van der Waals surface area contributed by atoms with Crippen molar-refractivity contribution in [2.75, 3.05) is 7.11 Å². The van der Waals surface area contributed by atoms with Crippen molar-refractivity contribution in [1.29, 1.82) is 0 Å². The lowest BCUT2D eigenvalue weighted by molar-refractivity contribution is 0.213. The van der Waals surface area contributed by atoms with Gasteiger partial charge in [0.05, 0.1) is 7.11 Å². The van der Waals surface area contributed by atoms with Crippen LogP contribution in [-0.4, -0.2) is 12.2 Å². The number of halogens is 3. The van der Waals surface area contributed by atoms with E-state index in [2.05, 4.69) is 0 Å². The van der Waals surface area contributed by atoms with Crippen molar-refractivity contribution < 1.29 is 23.0 Å². The van der Waals surface area contributed by atoms with E-state index in [1.165, 1.54) is 19.2 Å². The molecule has 0 aromatic heterocycles. The fourth-order valence-corrected chi connectivity index (χ4v) is 1.77. The number of benzene rings is 2. The van der Waals surface area contributed by atoms with E-state index < -0.39 is 23.6 Å². The molecule has 0 saturated heterocycles. The van der Waals surface area contributed by atoms with E-state index in [1.54, 1.807) is 0 Å². The van der Waals surface area contributed by atoms with Crippen molar-refractivity contribution in [3.63, 3.8) is 0 Å². The van der Waals surface area contributed by atoms with E-state index in [1.807, 2.05) is 0 Å². The van der Waals surface area contributed by atoms with Crippen LogP contribution in [0.2, 0.25) is 0 Å². The lowest BCUT2D eigenvalue weighted by Gasteiger charge is -2.13. The second kappa shape index (κ2) is 5.32. The average Bonchev–Trinajstić information content (AvgIpc) is 2.36. The summed E-state index contributed by atoms with van der Waals surface area (Å²) >= 11 is 0. The molecule has 19 heavy (non-hydrogen) atoms. The second-order valence-electron chi connectivity index (χ2n) is 3.99. The highest BCUT2D eigenvalue weighted by molar-refractivity contribution is 5.35. The molecule has 0 aliphatic heterocycles. The quantitative estimate of drug-likeness (QED) is 0.926. The average molecular weight is 268 g/mol. The first-order valence-electron chi connectivity index (χ1n) is 5.48. The summed E-state index contributed by atoms with van der Waals surface area (Å²) in [5, 5.41) is 9.97. The molecule has 0 aliphatic rings. The van der Waals surface area contributed by atoms with Crippen molar-refractivity contribution in [1.82, 2.24) is 0 Å². The molecule has 2 aromatic rings. The van der Waals surface area contributed by atoms with Gasteiger partial charge in [-0.25, -0.2) is 13.2 Å². The minimum atomic E-state index is -1.45. The minimum absolute atomic E-state index is 0.0541. The zero-order chi connectivity index (χ0) is 14.0. The van der Waals surface area contributed by atoms with E-state index >= 15 is 0 Å². The number of aliphatic hydroxyl groups is 1. The molecule has 0 fully saturated rings. The monoisotopic (exact) mass is 268 g/mol. The summed E-state index contributed by atoms with van der Waals surface area (Å²) in [6.45, 7) is 0. The van der Waals surface area contributed by atoms with Crippen LogP contribution in [0, 0.1) is 17.5 Å². The standard InChI is InChI=1S/C14H11F3O2/c1-19-11-2-3-12(13(17)7-11)14(18)8-4-9(15)6-10(16)5-8/h2-7,14,18H,1H3. The SMILES string of the molecule is COc1ccc(C(O)c2cc(F)cc(F)c2)c(F)c1. The van der Waals surface area contributed by atoms with Gasteiger partial charge in [0.1, 0.15) is 29.3 Å². The molecule has 5 heteroatoms. The summed E-state index contributed by atoms with van der Waals surface area (Å²) in [5.74, 6) is -2.08. The third-order valence-electron chi connectivity index (χ3n) is 2.70. The van der Waals surface area contributed by atoms with Crippen molar-refractivity contribution in [3.8, 4) is 5.75 Å². The molecular formula is C14H11F3O2. The molecule has 2 rings (SSSR count). The van der Waals surface area contributed by atoms with Crippen LogP contribution in [-0.2, 0) is 0 Å². The molecule has 0 aliphatic carbocycles. The van der Waals surface area contributed by atoms with Crippen LogP contribution >= 0.6 is 0 Å². The number of aliphatic hydroxyl groups excluding tert-OH is 1. The molecule has 0 spiro atoms. The van der Waals surface area contributed by atoms with Gasteiger partial charge >= 0.3 is 0 Å². The van der Waals surface area contributed by atoms with E-state index in [9.17, 15) is 18.3 Å². The predicted molar refractivity (Wildman–Crippen MR) is 63.4 cm³/mol. The summed E-state index contributed by atoms with van der Waals surface area (Å²) in [4.78, 5) is 0. The molecule has 0 heterocycles. The zero-order valence-corrected chi connectivity index (χ0v) is 10.0. The summed E-state index contributed by atoms with van der Waals surface area (Å²) in [6, 6.07) is 6.45. The molecule has 1 N–H and O–H groups in total. The lowest BCUT2D eigenvalue weighted by Crippen LogP contribution is -2.04. The van der Waals surface area contributed by atoms with Crippen LogP contribution in [0.3, 0.4) is 0 Å². The Balaban J connectivity index is 2.40. The van der Waals surface area contributed by atoms with Crippen LogP contribution < -0.4 is 4.74 Å². The lowest BCUT2D eigenvalue weighted by atomic mass is 10.0. The Labute approximate surface area is 108 Å². The van der Waals surface area contributed by atoms with Gasteiger partial charge in [-0.1, -0.05) is 0 Å². The first-order chi connectivity index (χ1) is 9.01. The smallest absolute Gasteiger partial charge is 0.133 e. The largest absolute Gasteiger partial charge is 0.497 e. The highest BCUT2D eigenvalue weighted by atomic mass is 19.1. The van der Waals surface area contributed by atoms with Crippen LogP contribution in [0.4, 0.5) is 13.2 Å². The highest BCUT2D eigenvalue weighted by Gasteiger charge is 2.17. The Morgan fingerprint density at radius 1 is 1.00 bits per heavy atom. The van der Waals surface area contributed by atoms with E-state index in [4.69, 9.17) is 4.74 Å². The first-order valence-corrected chi connectivity index (χ1v) is 5.48. The molecule has 0 saturated carbocycles. The number of hydrogen-bond acceptors (Lipinski definition) is 2. The fourth-order valence-electron chi connectivity index (χ4n) is 1.77. The normalized spacial score (nSPS) is 12.3. The van der Waals surface area contributed by atoms with Gasteiger partial charge in [-0.15, -0.1) is 0 Å². The second-order valence-corrected chi connectivity index (χ2v) is 3.99. The summed E-state index contributed by atoms with van der Waals surface area (Å²) < 4.78 is 44.7. The number of methoxy groups -OCH3 is 1. The predicted octanol–water partition coefficient (Wildman–Crippen LogP) is 3.19. The first kappa shape index (κ1) is 13.4. The molecule has 0 bridgehead atoms. The Morgan fingerprint density at radius 2 is 1.63 bits per heavy atom. The van der Waals surface area contributed by atoms with Crippen LogP contribution in [0.15, 0.2) is 36.4 Å². The fraction of sp³-hybridized carbons (Fsp3) is 0.143.